The molecule has 3 rings (SSSR count). The number of benzene rings is 1. The van der Waals surface area contributed by atoms with Crippen LogP contribution in [0.4, 0.5) is 0 Å². The van der Waals surface area contributed by atoms with Gasteiger partial charge in [0.1, 0.15) is 17.6 Å². The lowest BCUT2D eigenvalue weighted by Crippen LogP contribution is -2.40. The molecule has 4 nitrogen and oxygen atoms in total. The summed E-state index contributed by atoms with van der Waals surface area (Å²) in [5, 5.41) is 14.6. The third-order valence-electron chi connectivity index (χ3n) is 4.33. The van der Waals surface area contributed by atoms with E-state index in [0.717, 1.165) is 33.4 Å². The zero-order valence-corrected chi connectivity index (χ0v) is 12.2. The summed E-state index contributed by atoms with van der Waals surface area (Å²) in [7, 11) is 0. The molecule has 1 aliphatic rings. The molecule has 0 saturated carbocycles. The summed E-state index contributed by atoms with van der Waals surface area (Å²) in [5.41, 5.74) is 1.62. The summed E-state index contributed by atoms with van der Waals surface area (Å²) in [6.45, 7) is 7.72. The molecular weight excluding hydrogens is 254 g/mol. The number of rotatable bonds is 2. The van der Waals surface area contributed by atoms with Crippen LogP contribution in [0.25, 0.3) is 11.0 Å². The Hall–Kier alpha value is -1.65. The van der Waals surface area contributed by atoms with Crippen LogP contribution in [0.1, 0.15) is 44.6 Å². The number of carbonyl (C=O) groups is 1. The summed E-state index contributed by atoms with van der Waals surface area (Å²) < 4.78 is 5.68. The molecule has 0 N–H and O–H groups in total. The van der Waals surface area contributed by atoms with Crippen molar-refractivity contribution in [1.29, 1.82) is 0 Å². The van der Waals surface area contributed by atoms with Gasteiger partial charge in [-0.25, -0.2) is 0 Å². The molecule has 0 amide bonds. The first kappa shape index (κ1) is 13.3. The Morgan fingerprint density at radius 1 is 1.15 bits per heavy atom. The third kappa shape index (κ3) is 1.58. The highest BCUT2D eigenvalue weighted by Gasteiger charge is 2.44. The van der Waals surface area contributed by atoms with Crippen LogP contribution in [-0.4, -0.2) is 11.3 Å². The van der Waals surface area contributed by atoms with Crippen LogP contribution in [0, 0.1) is 5.21 Å². The van der Waals surface area contributed by atoms with Crippen LogP contribution < -0.4 is 0 Å². The summed E-state index contributed by atoms with van der Waals surface area (Å²) in [5.74, 6) is 0.660. The molecule has 0 saturated heterocycles. The van der Waals surface area contributed by atoms with Crippen molar-refractivity contribution in [3.8, 4) is 0 Å². The predicted octanol–water partition coefficient (Wildman–Crippen LogP) is 3.46. The quantitative estimate of drug-likeness (QED) is 0.786. The molecule has 0 atom stereocenters. The van der Waals surface area contributed by atoms with Crippen molar-refractivity contribution in [2.45, 2.75) is 45.2 Å². The SMILES string of the molecule is CC1(C)c2cc3cc(CC=O)oc3cc2C(C)(C)N1[O-]. The summed E-state index contributed by atoms with van der Waals surface area (Å²) in [6.07, 6.45) is 1.11. The summed E-state index contributed by atoms with van der Waals surface area (Å²) >= 11 is 0. The minimum Gasteiger partial charge on any atom is -0.784 e. The number of aldehydes is 1. The van der Waals surface area contributed by atoms with Gasteiger partial charge >= 0.3 is 0 Å². The second-order valence-corrected chi connectivity index (χ2v) is 6.43. The molecule has 0 bridgehead atoms. The third-order valence-corrected chi connectivity index (χ3v) is 4.33. The van der Waals surface area contributed by atoms with Crippen molar-refractivity contribution >= 4 is 17.3 Å². The molecule has 20 heavy (non-hydrogen) atoms. The predicted molar refractivity (Wildman–Crippen MR) is 77.2 cm³/mol. The molecule has 2 aromatic rings. The van der Waals surface area contributed by atoms with E-state index >= 15 is 0 Å². The average molecular weight is 272 g/mol. The van der Waals surface area contributed by atoms with E-state index < -0.39 is 11.1 Å². The van der Waals surface area contributed by atoms with E-state index in [4.69, 9.17) is 4.42 Å². The second-order valence-electron chi connectivity index (χ2n) is 6.43. The van der Waals surface area contributed by atoms with Crippen molar-refractivity contribution in [3.05, 3.63) is 40.3 Å². The Morgan fingerprint density at radius 3 is 2.35 bits per heavy atom. The largest absolute Gasteiger partial charge is 0.784 e. The Kier molecular flexibility index (Phi) is 2.62. The van der Waals surface area contributed by atoms with Gasteiger partial charge in [0, 0.05) is 16.5 Å². The first-order valence-electron chi connectivity index (χ1n) is 6.77. The fraction of sp³-hybridized carbons (Fsp3) is 0.438. The molecule has 1 aromatic carbocycles. The molecule has 0 aliphatic carbocycles. The van der Waals surface area contributed by atoms with Crippen molar-refractivity contribution < 1.29 is 9.21 Å². The minimum atomic E-state index is -0.579. The van der Waals surface area contributed by atoms with Crippen molar-refractivity contribution in [2.75, 3.05) is 0 Å². The van der Waals surface area contributed by atoms with Gasteiger partial charge in [-0.15, -0.1) is 0 Å². The zero-order valence-electron chi connectivity index (χ0n) is 12.2. The fourth-order valence-corrected chi connectivity index (χ4v) is 3.25. The highest BCUT2D eigenvalue weighted by molar-refractivity contribution is 5.81. The van der Waals surface area contributed by atoms with E-state index in [1.54, 1.807) is 0 Å². The van der Waals surface area contributed by atoms with Crippen LogP contribution in [0.3, 0.4) is 0 Å². The van der Waals surface area contributed by atoms with E-state index in [1.165, 1.54) is 0 Å². The van der Waals surface area contributed by atoms with Crippen molar-refractivity contribution in [3.63, 3.8) is 0 Å². The van der Waals surface area contributed by atoms with Crippen LogP contribution in [0.5, 0.6) is 0 Å². The van der Waals surface area contributed by atoms with Crippen LogP contribution >= 0.6 is 0 Å². The molecule has 4 heteroatoms. The molecule has 0 unspecified atom stereocenters. The summed E-state index contributed by atoms with van der Waals surface area (Å²) in [4.78, 5) is 10.6. The van der Waals surface area contributed by atoms with Crippen LogP contribution in [0.2, 0.25) is 0 Å². The molecule has 0 radical (unpaired) electrons. The Labute approximate surface area is 117 Å². The minimum absolute atomic E-state index is 0.278. The monoisotopic (exact) mass is 272 g/mol. The molecular formula is C16H18NO3-. The lowest BCUT2D eigenvalue weighted by molar-refractivity contribution is -0.107. The zero-order chi connectivity index (χ0) is 14.7. The van der Waals surface area contributed by atoms with E-state index in [0.29, 0.717) is 5.76 Å². The lowest BCUT2D eigenvalue weighted by Gasteiger charge is -2.46. The van der Waals surface area contributed by atoms with Gasteiger partial charge in [0.25, 0.3) is 0 Å². The van der Waals surface area contributed by atoms with E-state index in [1.807, 2.05) is 45.9 Å². The first-order valence-corrected chi connectivity index (χ1v) is 6.77. The maximum Gasteiger partial charge on any atom is 0.134 e. The number of hydrogen-bond donors (Lipinski definition) is 0. The van der Waals surface area contributed by atoms with E-state index in [2.05, 4.69) is 0 Å². The first-order chi connectivity index (χ1) is 9.28. The van der Waals surface area contributed by atoms with Crippen molar-refractivity contribution in [1.82, 2.24) is 5.06 Å². The van der Waals surface area contributed by atoms with E-state index in [-0.39, 0.29) is 6.42 Å². The Balaban J connectivity index is 2.26. The average Bonchev–Trinajstić information content (AvgIpc) is 2.82. The molecule has 2 heterocycles. The smallest absolute Gasteiger partial charge is 0.134 e. The highest BCUT2D eigenvalue weighted by atomic mass is 16.5. The lowest BCUT2D eigenvalue weighted by atomic mass is 9.90. The normalized spacial score (nSPS) is 20.2. The molecule has 0 fully saturated rings. The summed E-state index contributed by atoms with van der Waals surface area (Å²) in [6, 6.07) is 5.83. The number of fused-ring (bicyclic) bond motifs is 2. The number of hydrogen-bond acceptors (Lipinski definition) is 4. The van der Waals surface area contributed by atoms with Gasteiger partial charge < -0.3 is 19.5 Å². The molecule has 106 valence electrons. The van der Waals surface area contributed by atoms with E-state index in [9.17, 15) is 10.0 Å². The highest BCUT2D eigenvalue weighted by Crippen LogP contribution is 2.49. The van der Waals surface area contributed by atoms with Crippen LogP contribution in [0.15, 0.2) is 22.6 Å². The number of furan rings is 1. The maximum absolute atomic E-state index is 12.5. The Morgan fingerprint density at radius 2 is 1.75 bits per heavy atom. The second kappa shape index (κ2) is 3.93. The van der Waals surface area contributed by atoms with Gasteiger partial charge in [0.2, 0.25) is 0 Å². The molecule has 1 aliphatic heterocycles. The number of nitrogens with zero attached hydrogens (tertiary/aromatic N) is 1. The van der Waals surface area contributed by atoms with Gasteiger partial charge in [0.05, 0.1) is 6.42 Å². The number of carbonyl (C=O) groups excluding carboxylic acids is 1. The van der Waals surface area contributed by atoms with Gasteiger partial charge in [-0.2, -0.15) is 0 Å². The van der Waals surface area contributed by atoms with Gasteiger partial charge in [-0.3, -0.25) is 0 Å². The van der Waals surface area contributed by atoms with Gasteiger partial charge in [0.15, 0.2) is 0 Å². The topological polar surface area (TPSA) is 56.5 Å². The van der Waals surface area contributed by atoms with Crippen LogP contribution in [-0.2, 0) is 22.3 Å². The van der Waals surface area contributed by atoms with Crippen molar-refractivity contribution in [2.24, 2.45) is 0 Å². The molecule has 0 spiro atoms. The fourth-order valence-electron chi connectivity index (χ4n) is 3.25. The Bertz CT molecular complexity index is 644. The molecule has 1 aromatic heterocycles. The maximum atomic E-state index is 12.5. The van der Waals surface area contributed by atoms with Gasteiger partial charge in [-0.1, -0.05) is 0 Å². The standard InChI is InChI=1S/C16H18NO3/c1-15(2)12-8-10-7-11(5-6-18)20-14(10)9-13(12)16(3,4)17(15)19/h6-9H,5H2,1-4H3/q-1. The van der Waals surface area contributed by atoms with Gasteiger partial charge in [-0.05, 0) is 57.0 Å². The number of hydroxylamine groups is 2.